The first-order valence-electron chi connectivity index (χ1n) is 11.1. The molecule has 6 nitrogen and oxygen atoms in total. The number of nitrogens with zero attached hydrogens (tertiary/aromatic N) is 1. The van der Waals surface area contributed by atoms with Gasteiger partial charge in [-0.05, 0) is 48.9 Å². The van der Waals surface area contributed by atoms with Gasteiger partial charge in [-0.3, -0.25) is 9.59 Å². The lowest BCUT2D eigenvalue weighted by molar-refractivity contribution is -0.132. The highest BCUT2D eigenvalue weighted by Crippen LogP contribution is 2.36. The molecule has 2 aliphatic heterocycles. The molecule has 2 aromatic rings. The van der Waals surface area contributed by atoms with Crippen molar-refractivity contribution in [2.75, 3.05) is 31.6 Å². The average molecular weight is 423 g/mol. The summed E-state index contributed by atoms with van der Waals surface area (Å²) in [7, 11) is 0. The van der Waals surface area contributed by atoms with Gasteiger partial charge in [0.05, 0.1) is 17.9 Å². The maximum absolute atomic E-state index is 13.3. The van der Waals surface area contributed by atoms with Gasteiger partial charge in [-0.15, -0.1) is 0 Å². The van der Waals surface area contributed by atoms with Gasteiger partial charge in [0.2, 0.25) is 11.8 Å². The number of hydrogen-bond donors (Lipinski definition) is 2. The van der Waals surface area contributed by atoms with E-state index in [9.17, 15) is 14.7 Å². The molecule has 0 atom stereocenters. The van der Waals surface area contributed by atoms with Crippen LogP contribution in [0.1, 0.15) is 36.8 Å². The Bertz CT molecular complexity index is 883. The molecule has 2 aromatic carbocycles. The van der Waals surface area contributed by atoms with Crippen LogP contribution in [0.3, 0.4) is 0 Å². The molecule has 0 saturated carbocycles. The Kier molecular flexibility index (Phi) is 6.68. The van der Waals surface area contributed by atoms with Crippen LogP contribution < -0.4 is 5.32 Å². The molecule has 2 fully saturated rings. The molecule has 0 radical (unpaired) electrons. The summed E-state index contributed by atoms with van der Waals surface area (Å²) in [6, 6.07) is 17.4. The fourth-order valence-electron chi connectivity index (χ4n) is 4.48. The van der Waals surface area contributed by atoms with Gasteiger partial charge in [-0.2, -0.15) is 0 Å². The van der Waals surface area contributed by atoms with Crippen molar-refractivity contribution in [3.63, 3.8) is 0 Å². The number of likely N-dealkylation sites (tertiary alicyclic amines) is 1. The maximum Gasteiger partial charge on any atom is 0.235 e. The molecule has 0 aliphatic carbocycles. The van der Waals surface area contributed by atoms with Gasteiger partial charge in [0.1, 0.15) is 0 Å². The monoisotopic (exact) mass is 422 g/mol. The number of benzene rings is 2. The molecule has 0 aromatic heterocycles. The lowest BCUT2D eigenvalue weighted by Crippen LogP contribution is -2.44. The fourth-order valence-corrected chi connectivity index (χ4v) is 4.48. The van der Waals surface area contributed by atoms with E-state index in [1.54, 1.807) is 0 Å². The van der Waals surface area contributed by atoms with Crippen LogP contribution in [-0.2, 0) is 26.2 Å². The molecule has 2 heterocycles. The highest BCUT2D eigenvalue weighted by molar-refractivity contribution is 5.99. The third-order valence-corrected chi connectivity index (χ3v) is 6.49. The molecule has 4 rings (SSSR count). The van der Waals surface area contributed by atoms with Crippen LogP contribution in [0.2, 0.25) is 0 Å². The van der Waals surface area contributed by atoms with Crippen molar-refractivity contribution in [3.05, 3.63) is 65.7 Å². The summed E-state index contributed by atoms with van der Waals surface area (Å²) in [4.78, 5) is 27.7. The summed E-state index contributed by atoms with van der Waals surface area (Å²) in [6.45, 7) is 2.35. The Labute approximate surface area is 183 Å². The van der Waals surface area contributed by atoms with Crippen LogP contribution in [0.15, 0.2) is 54.6 Å². The summed E-state index contributed by atoms with van der Waals surface area (Å²) >= 11 is 0. The Morgan fingerprint density at radius 2 is 1.65 bits per heavy atom. The Morgan fingerprint density at radius 1 is 1.00 bits per heavy atom. The number of rotatable bonds is 5. The zero-order chi connectivity index (χ0) is 21.7. The van der Waals surface area contributed by atoms with Gasteiger partial charge >= 0.3 is 0 Å². The van der Waals surface area contributed by atoms with Crippen molar-refractivity contribution in [2.24, 2.45) is 0 Å². The van der Waals surface area contributed by atoms with Crippen LogP contribution in [0.5, 0.6) is 0 Å². The Hall–Kier alpha value is -2.70. The van der Waals surface area contributed by atoms with Crippen molar-refractivity contribution >= 4 is 17.5 Å². The number of nitrogens with one attached hydrogen (secondary N) is 1. The molecular weight excluding hydrogens is 392 g/mol. The second-order valence-corrected chi connectivity index (χ2v) is 8.50. The maximum atomic E-state index is 13.3. The number of anilines is 1. The van der Waals surface area contributed by atoms with E-state index >= 15 is 0 Å². The Balaban J connectivity index is 1.41. The molecule has 2 saturated heterocycles. The van der Waals surface area contributed by atoms with Gasteiger partial charge in [-0.1, -0.05) is 42.5 Å². The number of piperidine rings is 1. The van der Waals surface area contributed by atoms with Crippen molar-refractivity contribution in [2.45, 2.75) is 43.6 Å². The molecule has 0 bridgehead atoms. The van der Waals surface area contributed by atoms with Crippen LogP contribution in [0.25, 0.3) is 0 Å². The van der Waals surface area contributed by atoms with Gasteiger partial charge in [0.15, 0.2) is 0 Å². The van der Waals surface area contributed by atoms with Crippen LogP contribution >= 0.6 is 0 Å². The van der Waals surface area contributed by atoms with E-state index < -0.39 is 5.41 Å². The van der Waals surface area contributed by atoms with Crippen molar-refractivity contribution in [1.29, 1.82) is 0 Å². The SMILES string of the molecule is O=C(Cc1ccc(NC(=O)C2(c3ccccc3)CCOCC2)cc1)N1CCC(O)CC1. The molecule has 31 heavy (non-hydrogen) atoms. The predicted octanol–water partition coefficient (Wildman–Crippen LogP) is 2.90. The van der Waals surface area contributed by atoms with E-state index in [-0.39, 0.29) is 17.9 Å². The van der Waals surface area contributed by atoms with E-state index in [2.05, 4.69) is 5.32 Å². The zero-order valence-electron chi connectivity index (χ0n) is 17.8. The minimum absolute atomic E-state index is 0.0160. The molecule has 0 unspecified atom stereocenters. The molecule has 164 valence electrons. The molecule has 0 spiro atoms. The van der Waals surface area contributed by atoms with E-state index in [0.29, 0.717) is 58.4 Å². The summed E-state index contributed by atoms with van der Waals surface area (Å²) < 4.78 is 5.53. The molecule has 6 heteroatoms. The standard InChI is InChI=1S/C25H30N2O4/c28-22-10-14-27(15-11-22)23(29)18-19-6-8-21(9-7-19)26-24(30)25(12-16-31-17-13-25)20-4-2-1-3-5-20/h1-9,22,28H,10-18H2,(H,26,30). The summed E-state index contributed by atoms with van der Waals surface area (Å²) in [5, 5.41) is 12.7. The van der Waals surface area contributed by atoms with Gasteiger partial charge in [0, 0.05) is 32.0 Å². The summed E-state index contributed by atoms with van der Waals surface area (Å²) in [5.74, 6) is 0.0617. The first-order chi connectivity index (χ1) is 15.1. The van der Waals surface area contributed by atoms with Crippen LogP contribution in [0, 0.1) is 0 Å². The van der Waals surface area contributed by atoms with E-state index in [4.69, 9.17) is 4.74 Å². The first kappa shape index (κ1) is 21.5. The van der Waals surface area contributed by atoms with Gasteiger partial charge in [-0.25, -0.2) is 0 Å². The van der Waals surface area contributed by atoms with Crippen molar-refractivity contribution < 1.29 is 19.4 Å². The van der Waals surface area contributed by atoms with E-state index in [1.807, 2.05) is 59.5 Å². The first-order valence-corrected chi connectivity index (χ1v) is 11.1. The normalized spacial score (nSPS) is 19.1. The minimum Gasteiger partial charge on any atom is -0.393 e. The molecule has 2 aliphatic rings. The lowest BCUT2D eigenvalue weighted by atomic mass is 9.73. The average Bonchev–Trinajstić information content (AvgIpc) is 2.81. The van der Waals surface area contributed by atoms with Gasteiger partial charge in [0.25, 0.3) is 0 Å². The predicted molar refractivity (Wildman–Crippen MR) is 119 cm³/mol. The van der Waals surface area contributed by atoms with Crippen LogP contribution in [-0.4, -0.2) is 54.2 Å². The van der Waals surface area contributed by atoms with Crippen molar-refractivity contribution in [1.82, 2.24) is 4.90 Å². The van der Waals surface area contributed by atoms with Crippen molar-refractivity contribution in [3.8, 4) is 0 Å². The highest BCUT2D eigenvalue weighted by atomic mass is 16.5. The number of ether oxygens (including phenoxy) is 1. The highest BCUT2D eigenvalue weighted by Gasteiger charge is 2.41. The summed E-state index contributed by atoms with van der Waals surface area (Å²) in [5.41, 5.74) is 2.07. The zero-order valence-corrected chi connectivity index (χ0v) is 17.8. The molecule has 2 amide bonds. The number of hydrogen-bond acceptors (Lipinski definition) is 4. The Morgan fingerprint density at radius 3 is 2.29 bits per heavy atom. The largest absolute Gasteiger partial charge is 0.393 e. The van der Waals surface area contributed by atoms with E-state index in [0.717, 1.165) is 16.8 Å². The number of amides is 2. The second kappa shape index (κ2) is 9.62. The fraction of sp³-hybridized carbons (Fsp3) is 0.440. The number of aliphatic hydroxyl groups is 1. The minimum atomic E-state index is -0.590. The molecular formula is C25H30N2O4. The second-order valence-electron chi connectivity index (χ2n) is 8.50. The smallest absolute Gasteiger partial charge is 0.235 e. The third-order valence-electron chi connectivity index (χ3n) is 6.49. The number of aliphatic hydroxyl groups excluding tert-OH is 1. The van der Waals surface area contributed by atoms with E-state index in [1.165, 1.54) is 0 Å². The van der Waals surface area contributed by atoms with Crippen LogP contribution in [0.4, 0.5) is 5.69 Å². The molecule has 2 N–H and O–H groups in total. The number of carbonyl (C=O) groups excluding carboxylic acids is 2. The third kappa shape index (κ3) is 4.97. The van der Waals surface area contributed by atoms with Gasteiger partial charge < -0.3 is 20.1 Å². The lowest BCUT2D eigenvalue weighted by Gasteiger charge is -2.36. The quantitative estimate of drug-likeness (QED) is 0.777. The topological polar surface area (TPSA) is 78.9 Å². The summed E-state index contributed by atoms with van der Waals surface area (Å²) in [6.07, 6.45) is 2.63. The number of carbonyl (C=O) groups is 2.